The first-order valence-electron chi connectivity index (χ1n) is 8.39. The summed E-state index contributed by atoms with van der Waals surface area (Å²) in [6.07, 6.45) is -0.166. The van der Waals surface area contributed by atoms with Gasteiger partial charge in [-0.15, -0.1) is 0 Å². The van der Waals surface area contributed by atoms with Crippen molar-refractivity contribution in [2.75, 3.05) is 11.9 Å². The zero-order valence-electron chi connectivity index (χ0n) is 14.8. The molecule has 8 heteroatoms. The van der Waals surface area contributed by atoms with Crippen LogP contribution in [0.3, 0.4) is 0 Å². The number of anilines is 1. The number of benzene rings is 2. The lowest BCUT2D eigenvalue weighted by molar-refractivity contribution is -0.139. The van der Waals surface area contributed by atoms with Crippen molar-refractivity contribution >= 4 is 40.5 Å². The van der Waals surface area contributed by atoms with Crippen molar-refractivity contribution in [3.05, 3.63) is 42.5 Å². The van der Waals surface area contributed by atoms with Gasteiger partial charge in [0.15, 0.2) is 0 Å². The summed E-state index contributed by atoms with van der Waals surface area (Å²) < 4.78 is 0. The molecule has 1 unspecified atom stereocenters. The molecule has 0 fully saturated rings. The molecule has 2 rings (SSSR count). The number of hydrogen-bond acceptors (Lipinski definition) is 5. The second-order valence-electron chi connectivity index (χ2n) is 6.02. The number of aliphatic carboxylic acids is 1. The van der Waals surface area contributed by atoms with E-state index in [4.69, 9.17) is 5.11 Å². The highest BCUT2D eigenvalue weighted by atomic mass is 16.4. The van der Waals surface area contributed by atoms with Gasteiger partial charge < -0.3 is 25.9 Å². The van der Waals surface area contributed by atoms with Crippen molar-refractivity contribution < 1.29 is 24.3 Å². The van der Waals surface area contributed by atoms with Gasteiger partial charge in [-0.2, -0.15) is 0 Å². The van der Waals surface area contributed by atoms with E-state index in [1.807, 2.05) is 42.5 Å². The largest absolute Gasteiger partial charge is 0.481 e. The van der Waals surface area contributed by atoms with Crippen LogP contribution in [0.2, 0.25) is 0 Å². The first kappa shape index (κ1) is 19.9. The molecular formula is C19H21N3O5. The Hall–Kier alpha value is -3.42. The topological polar surface area (TPSA) is 125 Å². The van der Waals surface area contributed by atoms with Crippen LogP contribution in [0.15, 0.2) is 42.5 Å². The van der Waals surface area contributed by atoms with E-state index >= 15 is 0 Å². The minimum atomic E-state index is -1.20. The Labute approximate surface area is 155 Å². The van der Waals surface area contributed by atoms with Gasteiger partial charge in [-0.25, -0.2) is 0 Å². The Morgan fingerprint density at radius 3 is 2.52 bits per heavy atom. The van der Waals surface area contributed by atoms with Crippen LogP contribution in [-0.4, -0.2) is 47.8 Å². The second-order valence-corrected chi connectivity index (χ2v) is 6.02. The molecule has 4 N–H and O–H groups in total. The molecule has 8 nitrogen and oxygen atoms in total. The van der Waals surface area contributed by atoms with Gasteiger partial charge in [-0.1, -0.05) is 36.4 Å². The zero-order valence-corrected chi connectivity index (χ0v) is 14.8. The van der Waals surface area contributed by atoms with E-state index in [-0.39, 0.29) is 6.54 Å². The molecule has 0 bridgehead atoms. The van der Waals surface area contributed by atoms with E-state index < -0.39 is 36.3 Å². The van der Waals surface area contributed by atoms with E-state index in [2.05, 4.69) is 16.0 Å². The third kappa shape index (κ3) is 5.81. The average Bonchev–Trinajstić information content (AvgIpc) is 2.65. The molecule has 0 heterocycles. The van der Waals surface area contributed by atoms with Gasteiger partial charge in [0.05, 0.1) is 19.0 Å². The SMILES string of the molecule is CC(Nc1cccc2ccccc12)C(=O)NCC(=O)N[C@H](C=O)CC(=O)O. The lowest BCUT2D eigenvalue weighted by Crippen LogP contribution is -2.46. The number of carboxylic acid groups (broad SMARTS) is 1. The molecule has 0 spiro atoms. The fraction of sp³-hybridized carbons (Fsp3) is 0.263. The van der Waals surface area contributed by atoms with Crippen molar-refractivity contribution in [2.45, 2.75) is 25.4 Å². The molecule has 0 aliphatic carbocycles. The fourth-order valence-electron chi connectivity index (χ4n) is 2.55. The van der Waals surface area contributed by atoms with Crippen LogP contribution in [0.1, 0.15) is 13.3 Å². The third-order valence-corrected chi connectivity index (χ3v) is 3.88. The summed E-state index contributed by atoms with van der Waals surface area (Å²) in [5.41, 5.74) is 0.794. The zero-order chi connectivity index (χ0) is 19.8. The maximum absolute atomic E-state index is 12.2. The number of rotatable bonds is 9. The summed E-state index contributed by atoms with van der Waals surface area (Å²) >= 11 is 0. The van der Waals surface area contributed by atoms with Crippen LogP contribution in [0.5, 0.6) is 0 Å². The monoisotopic (exact) mass is 371 g/mol. The maximum atomic E-state index is 12.2. The molecule has 2 aromatic carbocycles. The van der Waals surface area contributed by atoms with Crippen LogP contribution < -0.4 is 16.0 Å². The molecule has 2 aromatic rings. The quantitative estimate of drug-likeness (QED) is 0.486. The fourth-order valence-corrected chi connectivity index (χ4v) is 2.55. The molecule has 2 amide bonds. The molecule has 0 aromatic heterocycles. The molecule has 142 valence electrons. The van der Waals surface area contributed by atoms with E-state index in [9.17, 15) is 19.2 Å². The van der Waals surface area contributed by atoms with Gasteiger partial charge in [0.2, 0.25) is 11.8 Å². The molecule has 0 aliphatic heterocycles. The Morgan fingerprint density at radius 1 is 1.11 bits per heavy atom. The highest BCUT2D eigenvalue weighted by Gasteiger charge is 2.17. The Morgan fingerprint density at radius 2 is 1.81 bits per heavy atom. The van der Waals surface area contributed by atoms with Crippen LogP contribution >= 0.6 is 0 Å². The number of aldehydes is 1. The van der Waals surface area contributed by atoms with Crippen LogP contribution in [0.25, 0.3) is 10.8 Å². The number of carbonyl (C=O) groups excluding carboxylic acids is 3. The molecule has 0 saturated carbocycles. The number of carboxylic acids is 1. The van der Waals surface area contributed by atoms with Crippen LogP contribution in [0.4, 0.5) is 5.69 Å². The Kier molecular flexibility index (Phi) is 6.87. The summed E-state index contributed by atoms with van der Waals surface area (Å²) in [5, 5.41) is 18.5. The molecule has 27 heavy (non-hydrogen) atoms. The third-order valence-electron chi connectivity index (χ3n) is 3.88. The van der Waals surface area contributed by atoms with Gasteiger partial charge in [-0.05, 0) is 18.4 Å². The highest BCUT2D eigenvalue weighted by Crippen LogP contribution is 2.23. The summed E-state index contributed by atoms with van der Waals surface area (Å²) in [7, 11) is 0. The summed E-state index contributed by atoms with van der Waals surface area (Å²) in [4.78, 5) is 45.3. The van der Waals surface area contributed by atoms with Crippen LogP contribution in [-0.2, 0) is 19.2 Å². The van der Waals surface area contributed by atoms with E-state index in [0.29, 0.717) is 6.29 Å². The minimum Gasteiger partial charge on any atom is -0.481 e. The Bertz CT molecular complexity index is 847. The van der Waals surface area contributed by atoms with Gasteiger partial charge in [0.1, 0.15) is 12.3 Å². The van der Waals surface area contributed by atoms with E-state index in [1.54, 1.807) is 6.92 Å². The van der Waals surface area contributed by atoms with Gasteiger partial charge >= 0.3 is 5.97 Å². The predicted molar refractivity (Wildman–Crippen MR) is 100 cm³/mol. The van der Waals surface area contributed by atoms with Crippen molar-refractivity contribution in [2.24, 2.45) is 0 Å². The van der Waals surface area contributed by atoms with Gasteiger partial charge in [0, 0.05) is 11.1 Å². The summed E-state index contributed by atoms with van der Waals surface area (Å²) in [6.45, 7) is 1.30. The molecule has 2 atom stereocenters. The number of amides is 2. The van der Waals surface area contributed by atoms with E-state index in [0.717, 1.165) is 16.5 Å². The second kappa shape index (κ2) is 9.33. The molecule has 0 saturated heterocycles. The van der Waals surface area contributed by atoms with Crippen LogP contribution in [0, 0.1) is 0 Å². The first-order chi connectivity index (χ1) is 12.9. The van der Waals surface area contributed by atoms with Crippen molar-refractivity contribution in [3.63, 3.8) is 0 Å². The molecule has 0 aliphatic rings. The Balaban J connectivity index is 1.89. The highest BCUT2D eigenvalue weighted by molar-refractivity contribution is 5.96. The normalized spacial score (nSPS) is 12.6. The van der Waals surface area contributed by atoms with Crippen molar-refractivity contribution in [3.8, 4) is 0 Å². The standard InChI is InChI=1S/C19H21N3O5/c1-12(21-16-8-4-6-13-5-2-3-7-15(13)16)19(27)20-10-17(24)22-14(11-23)9-18(25)26/h2-8,11-12,14,21H,9-10H2,1H3,(H,20,27)(H,22,24)(H,25,26)/t12?,14-/m0/s1. The number of nitrogens with one attached hydrogen (secondary N) is 3. The molecule has 0 radical (unpaired) electrons. The van der Waals surface area contributed by atoms with Crippen molar-refractivity contribution in [1.82, 2.24) is 10.6 Å². The minimum absolute atomic E-state index is 0.346. The number of carbonyl (C=O) groups is 4. The first-order valence-corrected chi connectivity index (χ1v) is 8.39. The summed E-state index contributed by atoms with van der Waals surface area (Å²) in [5.74, 6) is -2.25. The smallest absolute Gasteiger partial charge is 0.305 e. The number of fused-ring (bicyclic) bond motifs is 1. The van der Waals surface area contributed by atoms with E-state index in [1.165, 1.54) is 0 Å². The van der Waals surface area contributed by atoms with Gasteiger partial charge in [-0.3, -0.25) is 14.4 Å². The lowest BCUT2D eigenvalue weighted by Gasteiger charge is -2.17. The maximum Gasteiger partial charge on any atom is 0.305 e. The van der Waals surface area contributed by atoms with Crippen molar-refractivity contribution in [1.29, 1.82) is 0 Å². The summed E-state index contributed by atoms with van der Waals surface area (Å²) in [6, 6.07) is 11.7. The predicted octanol–water partition coefficient (Wildman–Crippen LogP) is 0.915. The van der Waals surface area contributed by atoms with Gasteiger partial charge in [0.25, 0.3) is 0 Å². The molecular weight excluding hydrogens is 350 g/mol. The lowest BCUT2D eigenvalue weighted by atomic mass is 10.1. The average molecular weight is 371 g/mol. The number of hydrogen-bond donors (Lipinski definition) is 4.